The molecule has 0 aliphatic carbocycles. The molecule has 0 heterocycles. The van der Waals surface area contributed by atoms with Crippen LogP contribution in [-0.2, 0) is 0 Å². The number of hydrogen-bond donors (Lipinski definition) is 2. The fourth-order valence-corrected chi connectivity index (χ4v) is 2.12. The summed E-state index contributed by atoms with van der Waals surface area (Å²) < 4.78 is 0. The summed E-state index contributed by atoms with van der Waals surface area (Å²) in [6, 6.07) is 17.0. The smallest absolute Gasteiger partial charge is 0.0991 e. The van der Waals surface area contributed by atoms with Gasteiger partial charge in [0.2, 0.25) is 0 Å². The van der Waals surface area contributed by atoms with Gasteiger partial charge in [0.25, 0.3) is 0 Å². The Labute approximate surface area is 125 Å². The number of rotatable bonds is 5. The van der Waals surface area contributed by atoms with Crippen LogP contribution in [0, 0.1) is 11.3 Å². The molecule has 0 bridgehead atoms. The van der Waals surface area contributed by atoms with E-state index in [2.05, 4.69) is 11.4 Å². The number of anilines is 2. The van der Waals surface area contributed by atoms with Gasteiger partial charge >= 0.3 is 0 Å². The van der Waals surface area contributed by atoms with Crippen molar-refractivity contribution in [3.05, 3.63) is 59.7 Å². The summed E-state index contributed by atoms with van der Waals surface area (Å²) in [5.41, 5.74) is 3.44. The van der Waals surface area contributed by atoms with Gasteiger partial charge in [0.15, 0.2) is 0 Å². The molecule has 0 aliphatic rings. The summed E-state index contributed by atoms with van der Waals surface area (Å²) in [4.78, 5) is 2.02. The van der Waals surface area contributed by atoms with Crippen molar-refractivity contribution < 1.29 is 5.11 Å². The van der Waals surface area contributed by atoms with Crippen molar-refractivity contribution in [3.63, 3.8) is 0 Å². The Morgan fingerprint density at radius 3 is 2.43 bits per heavy atom. The lowest BCUT2D eigenvalue weighted by Gasteiger charge is -2.20. The molecule has 1 atom stereocenters. The van der Waals surface area contributed by atoms with Gasteiger partial charge in [-0.1, -0.05) is 24.3 Å². The third kappa shape index (κ3) is 3.74. The fourth-order valence-electron chi connectivity index (χ4n) is 2.12. The van der Waals surface area contributed by atoms with E-state index >= 15 is 0 Å². The van der Waals surface area contributed by atoms with E-state index in [1.54, 1.807) is 24.3 Å². The van der Waals surface area contributed by atoms with Gasteiger partial charge in [-0.25, -0.2) is 0 Å². The number of benzene rings is 2. The van der Waals surface area contributed by atoms with Crippen LogP contribution < -0.4 is 10.2 Å². The number of nitrogens with one attached hydrogen (secondary N) is 1. The van der Waals surface area contributed by atoms with Crippen LogP contribution in [0.25, 0.3) is 0 Å². The Hall–Kier alpha value is -2.51. The van der Waals surface area contributed by atoms with Gasteiger partial charge in [-0.05, 0) is 29.8 Å². The highest BCUT2D eigenvalue weighted by molar-refractivity contribution is 5.69. The molecule has 0 amide bonds. The van der Waals surface area contributed by atoms with Gasteiger partial charge in [0.1, 0.15) is 0 Å². The van der Waals surface area contributed by atoms with E-state index in [4.69, 9.17) is 5.26 Å². The Bertz CT molecular complexity index is 629. The van der Waals surface area contributed by atoms with E-state index in [1.165, 1.54) is 0 Å². The van der Waals surface area contributed by atoms with E-state index in [9.17, 15) is 5.11 Å². The molecule has 1 unspecified atom stereocenters. The predicted molar refractivity (Wildman–Crippen MR) is 85.4 cm³/mol. The molecular weight excluding hydrogens is 262 g/mol. The standard InChI is InChI=1S/C17H19N3O/c1-20(2)16-6-4-3-5-15(16)19-12-17(21)14-9-7-13(11-18)8-10-14/h3-10,17,19,21H,12H2,1-2H3. The molecule has 4 nitrogen and oxygen atoms in total. The average molecular weight is 281 g/mol. The number of para-hydroxylation sites is 2. The second-order valence-corrected chi connectivity index (χ2v) is 5.04. The van der Waals surface area contributed by atoms with Crippen molar-refractivity contribution in [1.29, 1.82) is 5.26 Å². The third-order valence-electron chi connectivity index (χ3n) is 3.30. The highest BCUT2D eigenvalue weighted by Crippen LogP contribution is 2.24. The summed E-state index contributed by atoms with van der Waals surface area (Å²) in [5.74, 6) is 0. The fraction of sp³-hybridized carbons (Fsp3) is 0.235. The SMILES string of the molecule is CN(C)c1ccccc1NCC(O)c1ccc(C#N)cc1. The van der Waals surface area contributed by atoms with Crippen LogP contribution in [0.3, 0.4) is 0 Å². The lowest BCUT2D eigenvalue weighted by atomic mass is 10.1. The normalized spacial score (nSPS) is 11.5. The molecule has 0 saturated carbocycles. The summed E-state index contributed by atoms with van der Waals surface area (Å²) in [7, 11) is 3.97. The molecule has 4 heteroatoms. The van der Waals surface area contributed by atoms with Crippen molar-refractivity contribution in [2.45, 2.75) is 6.10 Å². The minimum Gasteiger partial charge on any atom is -0.387 e. The number of hydrogen-bond acceptors (Lipinski definition) is 4. The molecule has 2 rings (SSSR count). The van der Waals surface area contributed by atoms with Crippen molar-refractivity contribution in [1.82, 2.24) is 0 Å². The second kappa shape index (κ2) is 6.78. The number of aliphatic hydroxyl groups excluding tert-OH is 1. The summed E-state index contributed by atoms with van der Waals surface area (Å²) >= 11 is 0. The second-order valence-electron chi connectivity index (χ2n) is 5.04. The molecule has 0 fully saturated rings. The minimum atomic E-state index is -0.618. The van der Waals surface area contributed by atoms with Crippen LogP contribution >= 0.6 is 0 Å². The van der Waals surface area contributed by atoms with Gasteiger partial charge < -0.3 is 15.3 Å². The number of aliphatic hydroxyl groups is 1. The molecule has 0 saturated heterocycles. The molecule has 2 aromatic rings. The zero-order chi connectivity index (χ0) is 15.2. The molecule has 0 spiro atoms. The van der Waals surface area contributed by atoms with Crippen LogP contribution in [-0.4, -0.2) is 25.7 Å². The van der Waals surface area contributed by atoms with Gasteiger partial charge in [-0.3, -0.25) is 0 Å². The van der Waals surface area contributed by atoms with Crippen LogP contribution in [0.15, 0.2) is 48.5 Å². The van der Waals surface area contributed by atoms with Crippen LogP contribution in [0.1, 0.15) is 17.2 Å². The maximum Gasteiger partial charge on any atom is 0.0991 e. The van der Waals surface area contributed by atoms with Crippen molar-refractivity contribution in [3.8, 4) is 6.07 Å². The Morgan fingerprint density at radius 1 is 1.14 bits per heavy atom. The maximum absolute atomic E-state index is 10.2. The molecule has 0 aromatic heterocycles. The quantitative estimate of drug-likeness (QED) is 0.884. The Kier molecular flexibility index (Phi) is 4.81. The highest BCUT2D eigenvalue weighted by atomic mass is 16.3. The first kappa shape index (κ1) is 14.9. The van der Waals surface area contributed by atoms with Gasteiger partial charge in [-0.2, -0.15) is 5.26 Å². The van der Waals surface area contributed by atoms with Gasteiger partial charge in [0, 0.05) is 20.6 Å². The first-order valence-electron chi connectivity index (χ1n) is 6.80. The molecule has 2 N–H and O–H groups in total. The van der Waals surface area contributed by atoms with Crippen LogP contribution in [0.4, 0.5) is 11.4 Å². The number of nitrogens with zero attached hydrogens (tertiary/aromatic N) is 2. The van der Waals surface area contributed by atoms with Gasteiger partial charge in [0.05, 0.1) is 29.1 Å². The largest absolute Gasteiger partial charge is 0.387 e. The first-order chi connectivity index (χ1) is 10.1. The predicted octanol–water partition coefficient (Wildman–Crippen LogP) is 2.77. The van der Waals surface area contributed by atoms with E-state index in [1.807, 2.05) is 43.3 Å². The van der Waals surface area contributed by atoms with Gasteiger partial charge in [-0.15, -0.1) is 0 Å². The first-order valence-corrected chi connectivity index (χ1v) is 6.80. The molecule has 21 heavy (non-hydrogen) atoms. The maximum atomic E-state index is 10.2. The lowest BCUT2D eigenvalue weighted by molar-refractivity contribution is 0.191. The van der Waals surface area contributed by atoms with Crippen LogP contribution in [0.2, 0.25) is 0 Å². The Balaban J connectivity index is 2.04. The molecular formula is C17H19N3O. The molecule has 0 aliphatic heterocycles. The molecule has 108 valence electrons. The topological polar surface area (TPSA) is 59.3 Å². The van der Waals surface area contributed by atoms with E-state index in [0.29, 0.717) is 12.1 Å². The minimum absolute atomic E-state index is 0.413. The summed E-state index contributed by atoms with van der Waals surface area (Å²) in [6.07, 6.45) is -0.618. The highest BCUT2D eigenvalue weighted by Gasteiger charge is 2.09. The van der Waals surface area contributed by atoms with E-state index < -0.39 is 6.10 Å². The van der Waals surface area contributed by atoms with Crippen molar-refractivity contribution in [2.75, 3.05) is 30.9 Å². The molecule has 0 radical (unpaired) electrons. The summed E-state index contributed by atoms with van der Waals surface area (Å²) in [5, 5.41) is 22.3. The average Bonchev–Trinajstić information content (AvgIpc) is 2.52. The number of nitriles is 1. The monoisotopic (exact) mass is 281 g/mol. The van der Waals surface area contributed by atoms with Crippen molar-refractivity contribution >= 4 is 11.4 Å². The zero-order valence-electron chi connectivity index (χ0n) is 12.2. The third-order valence-corrected chi connectivity index (χ3v) is 3.30. The lowest BCUT2D eigenvalue weighted by Crippen LogP contribution is -2.16. The summed E-state index contributed by atoms with van der Waals surface area (Å²) in [6.45, 7) is 0.413. The molecule has 2 aromatic carbocycles. The van der Waals surface area contributed by atoms with Crippen LogP contribution in [0.5, 0.6) is 0 Å². The Morgan fingerprint density at radius 2 is 1.81 bits per heavy atom. The van der Waals surface area contributed by atoms with E-state index in [0.717, 1.165) is 16.9 Å². The van der Waals surface area contributed by atoms with Crippen molar-refractivity contribution in [2.24, 2.45) is 0 Å². The zero-order valence-corrected chi connectivity index (χ0v) is 12.2. The van der Waals surface area contributed by atoms with E-state index in [-0.39, 0.29) is 0 Å².